The quantitative estimate of drug-likeness (QED) is 0.413. The summed E-state index contributed by atoms with van der Waals surface area (Å²) < 4.78 is 2.84. The van der Waals surface area contributed by atoms with E-state index in [4.69, 9.17) is 17.3 Å². The van der Waals surface area contributed by atoms with Gasteiger partial charge in [0.15, 0.2) is 5.96 Å². The largest absolute Gasteiger partial charge is 0.369 e. The average Bonchev–Trinajstić information content (AvgIpc) is 2.48. The lowest BCUT2D eigenvalue weighted by atomic mass is 10.3. The molecule has 0 saturated carbocycles. The van der Waals surface area contributed by atoms with Gasteiger partial charge in [-0.15, -0.1) is 0 Å². The first-order valence-electron chi connectivity index (χ1n) is 6.56. The van der Waals surface area contributed by atoms with E-state index >= 15 is 0 Å². The molecule has 0 radical (unpaired) electrons. The number of halogens is 4. The molecule has 0 bridgehead atoms. The second kappa shape index (κ2) is 8.37. The Bertz CT molecular complexity index is 737. The minimum absolute atomic E-state index is 0.325. The second-order valence-corrected chi connectivity index (χ2v) is 7.72. The molecule has 2 aromatic carbocycles. The van der Waals surface area contributed by atoms with Crippen molar-refractivity contribution in [2.75, 3.05) is 23.9 Å². The van der Waals surface area contributed by atoms with Crippen molar-refractivity contribution < 1.29 is 0 Å². The third kappa shape index (κ3) is 5.11. The third-order valence-corrected chi connectivity index (χ3v) is 4.99. The lowest BCUT2D eigenvalue weighted by Gasteiger charge is -2.20. The molecule has 3 N–H and O–H groups in total. The Morgan fingerprint density at radius 2 is 1.83 bits per heavy atom. The summed E-state index contributed by atoms with van der Waals surface area (Å²) in [6.07, 6.45) is 0. The predicted molar refractivity (Wildman–Crippen MR) is 110 cm³/mol. The first kappa shape index (κ1) is 18.6. The molecule has 0 fully saturated rings. The Morgan fingerprint density at radius 1 is 1.17 bits per heavy atom. The Hall–Kier alpha value is -0.760. The van der Waals surface area contributed by atoms with Gasteiger partial charge in [0.1, 0.15) is 6.67 Å². The predicted octanol–water partition coefficient (Wildman–Crippen LogP) is 5.45. The number of nitrogens with one attached hydrogen (secondary N) is 1. The van der Waals surface area contributed by atoms with Crippen LogP contribution >= 0.6 is 59.4 Å². The Balaban J connectivity index is 2.04. The number of guanidine groups is 1. The topological polar surface area (TPSA) is 53.6 Å². The zero-order chi connectivity index (χ0) is 17.0. The smallest absolute Gasteiger partial charge is 0.197 e. The number of hydrogen-bond donors (Lipinski definition) is 2. The Kier molecular flexibility index (Phi) is 6.76. The summed E-state index contributed by atoms with van der Waals surface area (Å²) in [5.74, 6) is 0.397. The van der Waals surface area contributed by atoms with E-state index < -0.39 is 0 Å². The minimum Gasteiger partial charge on any atom is -0.369 e. The fourth-order valence-electron chi connectivity index (χ4n) is 1.82. The molecule has 0 atom stereocenters. The van der Waals surface area contributed by atoms with Gasteiger partial charge in [0, 0.05) is 20.5 Å². The highest BCUT2D eigenvalue weighted by Crippen LogP contribution is 2.28. The number of benzene rings is 2. The highest BCUT2D eigenvalue weighted by atomic mass is 79.9. The van der Waals surface area contributed by atoms with Crippen LogP contribution in [0.25, 0.3) is 0 Å². The molecule has 2 rings (SSSR count). The average molecular weight is 525 g/mol. The molecule has 0 aromatic heterocycles. The van der Waals surface area contributed by atoms with Crippen LogP contribution in [-0.2, 0) is 0 Å². The summed E-state index contributed by atoms with van der Waals surface area (Å²) in [6, 6.07) is 11.5. The van der Waals surface area contributed by atoms with Crippen molar-refractivity contribution in [3.63, 3.8) is 0 Å². The highest BCUT2D eigenvalue weighted by molar-refractivity contribution is 9.11. The van der Waals surface area contributed by atoms with Crippen molar-refractivity contribution >= 4 is 76.7 Å². The summed E-state index contributed by atoms with van der Waals surface area (Å²) in [5, 5.41) is 3.76. The fourth-order valence-corrected chi connectivity index (χ4v) is 3.87. The number of aliphatic imine (C=N–C) groups is 1. The molecule has 23 heavy (non-hydrogen) atoms. The van der Waals surface area contributed by atoms with Gasteiger partial charge in [0.2, 0.25) is 0 Å². The molecule has 2 aromatic rings. The van der Waals surface area contributed by atoms with Crippen LogP contribution in [0.4, 0.5) is 11.4 Å². The van der Waals surface area contributed by atoms with Crippen LogP contribution < -0.4 is 16.0 Å². The lowest BCUT2D eigenvalue weighted by Crippen LogP contribution is -2.34. The molecular weight excluding hydrogens is 511 g/mol. The molecule has 0 unspecified atom stereocenters. The molecule has 4 nitrogen and oxygen atoms in total. The van der Waals surface area contributed by atoms with Crippen molar-refractivity contribution in [1.29, 1.82) is 0 Å². The number of nitrogens with two attached hydrogens (primary N) is 1. The summed E-state index contributed by atoms with van der Waals surface area (Å²) >= 11 is 16.5. The van der Waals surface area contributed by atoms with Crippen LogP contribution in [0.1, 0.15) is 0 Å². The van der Waals surface area contributed by atoms with E-state index in [2.05, 4.69) is 58.1 Å². The minimum atomic E-state index is 0.325. The normalized spacial score (nSPS) is 11.4. The SMILES string of the molecule is CN(C(N)=NCNc1ccc(Br)cc1Cl)c1ccc(Br)cc1Br. The van der Waals surface area contributed by atoms with Crippen LogP contribution in [0.2, 0.25) is 5.02 Å². The van der Waals surface area contributed by atoms with Crippen molar-refractivity contribution in [3.8, 4) is 0 Å². The maximum absolute atomic E-state index is 6.15. The molecule has 0 aliphatic rings. The molecule has 0 amide bonds. The summed E-state index contributed by atoms with van der Waals surface area (Å²) in [6.45, 7) is 0.325. The third-order valence-electron chi connectivity index (χ3n) is 3.06. The molecule has 8 heteroatoms. The summed E-state index contributed by atoms with van der Waals surface area (Å²) in [7, 11) is 1.86. The Labute approximate surface area is 165 Å². The standard InChI is InChI=1S/C15H14Br3ClN4/c1-23(14-5-3-9(16)6-11(14)18)15(20)22-8-21-13-4-2-10(17)7-12(13)19/h2-7,21H,8H2,1H3,(H2,20,22). The van der Waals surface area contributed by atoms with Crippen molar-refractivity contribution in [1.82, 2.24) is 0 Å². The van der Waals surface area contributed by atoms with Crippen LogP contribution in [-0.4, -0.2) is 19.7 Å². The monoisotopic (exact) mass is 522 g/mol. The number of hydrogen-bond acceptors (Lipinski definition) is 2. The lowest BCUT2D eigenvalue weighted by molar-refractivity contribution is 1.09. The van der Waals surface area contributed by atoms with E-state index in [-0.39, 0.29) is 0 Å². The van der Waals surface area contributed by atoms with E-state index in [1.165, 1.54) is 0 Å². The van der Waals surface area contributed by atoms with E-state index in [9.17, 15) is 0 Å². The maximum Gasteiger partial charge on any atom is 0.197 e. The van der Waals surface area contributed by atoms with Gasteiger partial charge >= 0.3 is 0 Å². The van der Waals surface area contributed by atoms with Gasteiger partial charge in [-0.2, -0.15) is 0 Å². The van der Waals surface area contributed by atoms with Gasteiger partial charge in [-0.05, 0) is 52.3 Å². The first-order chi connectivity index (χ1) is 10.9. The number of nitrogens with zero attached hydrogens (tertiary/aromatic N) is 2. The molecule has 0 aliphatic carbocycles. The van der Waals surface area contributed by atoms with Gasteiger partial charge in [-0.1, -0.05) is 43.5 Å². The highest BCUT2D eigenvalue weighted by Gasteiger charge is 2.09. The van der Waals surface area contributed by atoms with Gasteiger partial charge in [0.25, 0.3) is 0 Å². The van der Waals surface area contributed by atoms with Gasteiger partial charge in [0.05, 0.1) is 16.4 Å². The van der Waals surface area contributed by atoms with Gasteiger partial charge in [-0.3, -0.25) is 0 Å². The summed E-state index contributed by atoms with van der Waals surface area (Å²) in [5.41, 5.74) is 7.78. The van der Waals surface area contributed by atoms with Gasteiger partial charge in [-0.25, -0.2) is 4.99 Å². The van der Waals surface area contributed by atoms with E-state index in [1.807, 2.05) is 43.4 Å². The van der Waals surface area contributed by atoms with Crippen molar-refractivity contribution in [3.05, 3.63) is 54.8 Å². The van der Waals surface area contributed by atoms with Crippen molar-refractivity contribution in [2.45, 2.75) is 0 Å². The molecule has 0 spiro atoms. The molecule has 0 saturated heterocycles. The van der Waals surface area contributed by atoms with E-state index in [1.54, 1.807) is 4.90 Å². The molecule has 122 valence electrons. The number of anilines is 2. The maximum atomic E-state index is 6.15. The van der Waals surface area contributed by atoms with Crippen LogP contribution in [0.5, 0.6) is 0 Å². The first-order valence-corrected chi connectivity index (χ1v) is 9.32. The molecular formula is C15H14Br3ClN4. The summed E-state index contributed by atoms with van der Waals surface area (Å²) in [4.78, 5) is 6.14. The van der Waals surface area contributed by atoms with Crippen molar-refractivity contribution in [2.24, 2.45) is 10.7 Å². The zero-order valence-electron chi connectivity index (χ0n) is 12.2. The van der Waals surface area contributed by atoms with E-state index in [0.29, 0.717) is 17.7 Å². The van der Waals surface area contributed by atoms with Crippen LogP contribution in [0, 0.1) is 0 Å². The molecule has 0 aliphatic heterocycles. The van der Waals surface area contributed by atoms with Gasteiger partial charge < -0.3 is 16.0 Å². The zero-order valence-corrected chi connectivity index (χ0v) is 17.7. The Morgan fingerprint density at radius 3 is 2.48 bits per heavy atom. The second-order valence-electron chi connectivity index (χ2n) is 4.63. The fraction of sp³-hybridized carbons (Fsp3) is 0.133. The van der Waals surface area contributed by atoms with E-state index in [0.717, 1.165) is 24.8 Å². The van der Waals surface area contributed by atoms with Crippen LogP contribution in [0.3, 0.4) is 0 Å². The molecule has 0 heterocycles. The number of rotatable bonds is 4. The van der Waals surface area contributed by atoms with Crippen LogP contribution in [0.15, 0.2) is 54.8 Å².